The van der Waals surface area contributed by atoms with Crippen LogP contribution in [0, 0.1) is 5.92 Å². The van der Waals surface area contributed by atoms with Crippen LogP contribution in [0.3, 0.4) is 0 Å². The second-order valence-electron chi connectivity index (χ2n) is 7.14. The zero-order valence-electron chi connectivity index (χ0n) is 15.8. The third-order valence-electron chi connectivity index (χ3n) is 4.96. The topological polar surface area (TPSA) is 87.7 Å². The van der Waals surface area contributed by atoms with Crippen molar-refractivity contribution in [1.82, 2.24) is 15.2 Å². The Labute approximate surface area is 163 Å². The summed E-state index contributed by atoms with van der Waals surface area (Å²) in [6.45, 7) is 3.33. The van der Waals surface area contributed by atoms with Gasteiger partial charge in [0, 0.05) is 17.7 Å². The first-order chi connectivity index (χ1) is 13.0. The highest BCUT2D eigenvalue weighted by Gasteiger charge is 2.19. The number of hydrogen-bond acceptors (Lipinski definition) is 5. The van der Waals surface area contributed by atoms with Crippen molar-refractivity contribution in [3.63, 3.8) is 0 Å². The molecule has 1 amide bonds. The SMILES string of the molecule is CC(=O)c1cccc(NC(=O)C(C)Sc2n[nH]c(CCC3CCCC3)n2)c1. The van der Waals surface area contributed by atoms with Crippen LogP contribution in [0.25, 0.3) is 0 Å². The molecule has 0 saturated heterocycles. The molecule has 1 atom stereocenters. The lowest BCUT2D eigenvalue weighted by molar-refractivity contribution is -0.115. The van der Waals surface area contributed by atoms with Gasteiger partial charge in [-0.25, -0.2) is 4.98 Å². The molecule has 1 heterocycles. The first kappa shape index (κ1) is 19.6. The largest absolute Gasteiger partial charge is 0.325 e. The van der Waals surface area contributed by atoms with Gasteiger partial charge < -0.3 is 5.32 Å². The molecule has 144 valence electrons. The molecule has 1 saturated carbocycles. The molecule has 0 aliphatic heterocycles. The summed E-state index contributed by atoms with van der Waals surface area (Å²) in [6.07, 6.45) is 7.43. The van der Waals surface area contributed by atoms with Gasteiger partial charge in [-0.1, -0.05) is 49.6 Å². The van der Waals surface area contributed by atoms with Crippen molar-refractivity contribution in [1.29, 1.82) is 0 Å². The van der Waals surface area contributed by atoms with E-state index in [9.17, 15) is 9.59 Å². The van der Waals surface area contributed by atoms with Crippen molar-refractivity contribution in [3.8, 4) is 0 Å². The average Bonchev–Trinajstić information content (AvgIpc) is 3.31. The van der Waals surface area contributed by atoms with Crippen LogP contribution >= 0.6 is 11.8 Å². The summed E-state index contributed by atoms with van der Waals surface area (Å²) >= 11 is 1.33. The van der Waals surface area contributed by atoms with Crippen molar-refractivity contribution in [2.75, 3.05) is 5.32 Å². The fraction of sp³-hybridized carbons (Fsp3) is 0.500. The van der Waals surface area contributed by atoms with Gasteiger partial charge in [0.1, 0.15) is 5.82 Å². The Bertz CT molecular complexity index is 799. The van der Waals surface area contributed by atoms with Crippen molar-refractivity contribution >= 4 is 29.1 Å². The molecular weight excluding hydrogens is 360 g/mol. The standard InChI is InChI=1S/C20H26N4O2S/c1-13(25)16-8-5-9-17(12-16)21-19(26)14(2)27-20-22-18(23-24-20)11-10-15-6-3-4-7-15/h5,8-9,12,14-15H,3-4,6-7,10-11H2,1-2H3,(H,21,26)(H,22,23,24). The first-order valence-corrected chi connectivity index (χ1v) is 10.4. The Morgan fingerprint density at radius 3 is 2.85 bits per heavy atom. The lowest BCUT2D eigenvalue weighted by Gasteiger charge is -2.10. The minimum atomic E-state index is -0.343. The molecule has 0 bridgehead atoms. The summed E-state index contributed by atoms with van der Waals surface area (Å²) in [6, 6.07) is 6.95. The molecular formula is C20H26N4O2S. The number of hydrogen-bond donors (Lipinski definition) is 2. The summed E-state index contributed by atoms with van der Waals surface area (Å²) < 4.78 is 0. The summed E-state index contributed by atoms with van der Waals surface area (Å²) in [4.78, 5) is 28.4. The van der Waals surface area contributed by atoms with Gasteiger partial charge in [-0.3, -0.25) is 14.7 Å². The van der Waals surface area contributed by atoms with Crippen LogP contribution in [0.4, 0.5) is 5.69 Å². The Morgan fingerprint density at radius 2 is 2.11 bits per heavy atom. The molecule has 0 radical (unpaired) electrons. The molecule has 3 rings (SSSR count). The molecule has 6 nitrogen and oxygen atoms in total. The summed E-state index contributed by atoms with van der Waals surface area (Å²) in [5.41, 5.74) is 1.20. The summed E-state index contributed by atoms with van der Waals surface area (Å²) in [5.74, 6) is 1.55. The van der Waals surface area contributed by atoms with Crippen LogP contribution in [-0.4, -0.2) is 32.1 Å². The Hall–Kier alpha value is -2.15. The quantitative estimate of drug-likeness (QED) is 0.523. The monoisotopic (exact) mass is 386 g/mol. The lowest BCUT2D eigenvalue weighted by atomic mass is 10.0. The molecule has 1 fully saturated rings. The summed E-state index contributed by atoms with van der Waals surface area (Å²) in [7, 11) is 0. The average molecular weight is 387 g/mol. The van der Waals surface area contributed by atoms with Crippen molar-refractivity contribution < 1.29 is 9.59 Å². The number of H-pyrrole nitrogens is 1. The molecule has 1 aliphatic carbocycles. The van der Waals surface area contributed by atoms with Gasteiger partial charge in [0.25, 0.3) is 0 Å². The summed E-state index contributed by atoms with van der Waals surface area (Å²) in [5, 5.41) is 10.3. The number of aryl methyl sites for hydroxylation is 1. The van der Waals surface area contributed by atoms with Gasteiger partial charge >= 0.3 is 0 Å². The number of carbonyl (C=O) groups is 2. The van der Waals surface area contributed by atoms with E-state index in [4.69, 9.17) is 0 Å². The minimum Gasteiger partial charge on any atom is -0.325 e. The van der Waals surface area contributed by atoms with Crippen LogP contribution in [-0.2, 0) is 11.2 Å². The lowest BCUT2D eigenvalue weighted by Crippen LogP contribution is -2.22. The van der Waals surface area contributed by atoms with E-state index in [1.807, 2.05) is 6.92 Å². The number of ketones is 1. The minimum absolute atomic E-state index is 0.0284. The Morgan fingerprint density at radius 1 is 1.33 bits per heavy atom. The molecule has 1 aromatic heterocycles. The van der Waals surface area contributed by atoms with Crippen molar-refractivity contribution in [2.24, 2.45) is 5.92 Å². The highest BCUT2D eigenvalue weighted by Crippen LogP contribution is 2.28. The first-order valence-electron chi connectivity index (χ1n) is 9.51. The molecule has 1 aromatic carbocycles. The number of rotatable bonds is 8. The number of carbonyl (C=O) groups excluding carboxylic acids is 2. The van der Waals surface area contributed by atoms with Crippen LogP contribution in [0.2, 0.25) is 0 Å². The number of amides is 1. The Kier molecular flexibility index (Phi) is 6.66. The number of aromatic nitrogens is 3. The number of Topliss-reactive ketones (excluding diaryl/α,β-unsaturated/α-hetero) is 1. The highest BCUT2D eigenvalue weighted by molar-refractivity contribution is 8.00. The number of benzene rings is 1. The Balaban J connectivity index is 1.50. The van der Waals surface area contributed by atoms with Crippen molar-refractivity contribution in [3.05, 3.63) is 35.7 Å². The maximum atomic E-state index is 12.4. The van der Waals surface area contributed by atoms with Gasteiger partial charge in [0.2, 0.25) is 11.1 Å². The van der Waals surface area contributed by atoms with Crippen LogP contribution in [0.15, 0.2) is 29.4 Å². The fourth-order valence-corrected chi connectivity index (χ4v) is 4.10. The van der Waals surface area contributed by atoms with E-state index in [1.54, 1.807) is 24.3 Å². The molecule has 2 N–H and O–H groups in total. The van der Waals surface area contributed by atoms with Crippen LogP contribution in [0.1, 0.15) is 62.1 Å². The maximum Gasteiger partial charge on any atom is 0.237 e. The predicted molar refractivity (Wildman–Crippen MR) is 107 cm³/mol. The predicted octanol–water partition coefficient (Wildman–Crippen LogP) is 4.25. The van der Waals surface area contributed by atoms with Crippen LogP contribution < -0.4 is 5.32 Å². The zero-order valence-corrected chi connectivity index (χ0v) is 16.6. The van der Waals surface area contributed by atoms with E-state index < -0.39 is 0 Å². The second-order valence-corrected chi connectivity index (χ2v) is 8.45. The number of aromatic amines is 1. The zero-order chi connectivity index (χ0) is 19.2. The molecule has 1 aliphatic rings. The van der Waals surface area contributed by atoms with E-state index in [1.165, 1.54) is 44.4 Å². The van der Waals surface area contributed by atoms with E-state index >= 15 is 0 Å². The third kappa shape index (κ3) is 5.66. The van der Waals surface area contributed by atoms with Gasteiger partial charge in [-0.15, -0.1) is 5.10 Å². The van der Waals surface area contributed by atoms with Crippen molar-refractivity contribution in [2.45, 2.75) is 62.8 Å². The molecule has 7 heteroatoms. The van der Waals surface area contributed by atoms with E-state index in [0.29, 0.717) is 16.4 Å². The second kappa shape index (κ2) is 9.17. The number of nitrogens with one attached hydrogen (secondary N) is 2. The number of thioether (sulfide) groups is 1. The fourth-order valence-electron chi connectivity index (χ4n) is 3.35. The molecule has 0 spiro atoms. The number of anilines is 1. The van der Waals surface area contributed by atoms with Gasteiger partial charge in [0.05, 0.1) is 5.25 Å². The normalized spacial score (nSPS) is 15.6. The smallest absolute Gasteiger partial charge is 0.237 e. The molecule has 2 aromatic rings. The van der Waals surface area contributed by atoms with E-state index in [0.717, 1.165) is 24.6 Å². The molecule has 1 unspecified atom stereocenters. The van der Waals surface area contributed by atoms with E-state index in [2.05, 4.69) is 20.5 Å². The van der Waals surface area contributed by atoms with Crippen LogP contribution in [0.5, 0.6) is 0 Å². The number of nitrogens with zero attached hydrogens (tertiary/aromatic N) is 2. The van der Waals surface area contributed by atoms with Gasteiger partial charge in [-0.2, -0.15) is 0 Å². The molecule has 27 heavy (non-hydrogen) atoms. The highest BCUT2D eigenvalue weighted by atomic mass is 32.2. The third-order valence-corrected chi connectivity index (χ3v) is 5.92. The van der Waals surface area contributed by atoms with E-state index in [-0.39, 0.29) is 16.9 Å². The van der Waals surface area contributed by atoms with Gasteiger partial charge in [-0.05, 0) is 38.3 Å². The van der Waals surface area contributed by atoms with Gasteiger partial charge in [0.15, 0.2) is 5.78 Å². The maximum absolute atomic E-state index is 12.4.